The summed E-state index contributed by atoms with van der Waals surface area (Å²) in [6, 6.07) is 8.34. The van der Waals surface area contributed by atoms with Crippen LogP contribution in [-0.4, -0.2) is 40.7 Å². The van der Waals surface area contributed by atoms with Gasteiger partial charge in [0, 0.05) is 25.7 Å². The van der Waals surface area contributed by atoms with Gasteiger partial charge in [0.2, 0.25) is 0 Å². The van der Waals surface area contributed by atoms with Crippen LogP contribution in [0.25, 0.3) is 0 Å². The predicted octanol–water partition coefficient (Wildman–Crippen LogP) is 2.57. The molecule has 1 saturated heterocycles. The molecule has 0 saturated carbocycles. The van der Waals surface area contributed by atoms with E-state index in [1.807, 2.05) is 6.07 Å². The summed E-state index contributed by atoms with van der Waals surface area (Å²) in [5.74, 6) is 0.330. The highest BCUT2D eigenvalue weighted by Gasteiger charge is 2.25. The van der Waals surface area contributed by atoms with E-state index >= 15 is 0 Å². The van der Waals surface area contributed by atoms with Crippen LogP contribution in [0.2, 0.25) is 0 Å². The molecule has 25 heavy (non-hydrogen) atoms. The number of anilines is 2. The summed E-state index contributed by atoms with van der Waals surface area (Å²) in [4.78, 5) is 21.6. The fourth-order valence-corrected chi connectivity index (χ4v) is 2.96. The van der Waals surface area contributed by atoms with Gasteiger partial charge in [-0.25, -0.2) is 14.4 Å². The first-order valence-electron chi connectivity index (χ1n) is 8.40. The molecule has 0 unspecified atom stereocenters. The number of halogens is 1. The lowest BCUT2D eigenvalue weighted by atomic mass is 9.97. The summed E-state index contributed by atoms with van der Waals surface area (Å²) in [6.45, 7) is 2.05. The number of piperidine rings is 1. The van der Waals surface area contributed by atoms with Gasteiger partial charge in [0.15, 0.2) is 0 Å². The van der Waals surface area contributed by atoms with E-state index in [2.05, 4.69) is 20.2 Å². The maximum atomic E-state index is 12.9. The third-order valence-corrected chi connectivity index (χ3v) is 4.45. The molecule has 0 spiro atoms. The number of carbonyl (C=O) groups is 1. The van der Waals surface area contributed by atoms with Crippen molar-refractivity contribution in [1.82, 2.24) is 9.97 Å². The second-order valence-electron chi connectivity index (χ2n) is 6.16. The van der Waals surface area contributed by atoms with Crippen molar-refractivity contribution in [2.75, 3.05) is 29.9 Å². The van der Waals surface area contributed by atoms with Crippen LogP contribution in [0.15, 0.2) is 36.7 Å². The Kier molecular flexibility index (Phi) is 5.42. The van der Waals surface area contributed by atoms with Gasteiger partial charge in [-0.15, -0.1) is 0 Å². The average molecular weight is 344 g/mol. The van der Waals surface area contributed by atoms with Gasteiger partial charge in [0.25, 0.3) is 0 Å². The molecule has 0 bridgehead atoms. The van der Waals surface area contributed by atoms with Crippen LogP contribution < -0.4 is 10.2 Å². The number of hydrogen-bond acceptors (Lipinski definition) is 5. The summed E-state index contributed by atoms with van der Waals surface area (Å²) in [7, 11) is 0. The Hall–Kier alpha value is -2.70. The van der Waals surface area contributed by atoms with Gasteiger partial charge in [0.05, 0.1) is 5.92 Å². The number of rotatable bonds is 6. The Labute approximate surface area is 145 Å². The molecule has 0 atom stereocenters. The predicted molar refractivity (Wildman–Crippen MR) is 93.2 cm³/mol. The summed E-state index contributed by atoms with van der Waals surface area (Å²) in [5, 5.41) is 12.3. The number of nitrogens with one attached hydrogen (secondary N) is 1. The third-order valence-electron chi connectivity index (χ3n) is 4.45. The Bertz CT molecular complexity index is 715. The SMILES string of the molecule is O=C(O)C1CCN(c2cc(NCCc3ccc(F)cc3)ncn2)CC1. The van der Waals surface area contributed by atoms with Gasteiger partial charge in [0.1, 0.15) is 23.8 Å². The minimum atomic E-state index is -0.717. The topological polar surface area (TPSA) is 78.4 Å². The first kappa shape index (κ1) is 17.1. The number of hydrogen-bond donors (Lipinski definition) is 2. The number of carboxylic acid groups (broad SMARTS) is 1. The van der Waals surface area contributed by atoms with Crippen molar-refractivity contribution < 1.29 is 14.3 Å². The minimum absolute atomic E-state index is 0.233. The fourth-order valence-electron chi connectivity index (χ4n) is 2.96. The van der Waals surface area contributed by atoms with E-state index in [-0.39, 0.29) is 11.7 Å². The van der Waals surface area contributed by atoms with Crippen molar-refractivity contribution in [1.29, 1.82) is 0 Å². The van der Waals surface area contributed by atoms with Crippen LogP contribution in [0.5, 0.6) is 0 Å². The monoisotopic (exact) mass is 344 g/mol. The van der Waals surface area contributed by atoms with Crippen LogP contribution in [0.1, 0.15) is 18.4 Å². The molecular formula is C18H21FN4O2. The van der Waals surface area contributed by atoms with Crippen molar-refractivity contribution >= 4 is 17.6 Å². The van der Waals surface area contributed by atoms with Crippen LogP contribution in [-0.2, 0) is 11.2 Å². The van der Waals surface area contributed by atoms with Crippen LogP contribution >= 0.6 is 0 Å². The average Bonchev–Trinajstić information content (AvgIpc) is 2.64. The second kappa shape index (κ2) is 7.92. The highest BCUT2D eigenvalue weighted by atomic mass is 19.1. The normalized spacial score (nSPS) is 15.2. The Balaban J connectivity index is 1.53. The lowest BCUT2D eigenvalue weighted by molar-refractivity contribution is -0.142. The highest BCUT2D eigenvalue weighted by Crippen LogP contribution is 2.23. The standard InChI is InChI=1S/C18H21FN4O2/c19-15-3-1-13(2-4-15)5-8-20-16-11-17(22-12-21-16)23-9-6-14(7-10-23)18(24)25/h1-4,11-12,14H,5-10H2,(H,24,25)(H,20,21,22). The van der Waals surface area contributed by atoms with E-state index in [1.54, 1.807) is 12.1 Å². The molecule has 1 aromatic heterocycles. The van der Waals surface area contributed by atoms with E-state index in [4.69, 9.17) is 5.11 Å². The summed E-state index contributed by atoms with van der Waals surface area (Å²) in [5.41, 5.74) is 1.05. The summed E-state index contributed by atoms with van der Waals surface area (Å²) >= 11 is 0. The zero-order valence-corrected chi connectivity index (χ0v) is 13.9. The zero-order valence-electron chi connectivity index (χ0n) is 13.9. The summed E-state index contributed by atoms with van der Waals surface area (Å²) in [6.07, 6.45) is 3.54. The highest BCUT2D eigenvalue weighted by molar-refractivity contribution is 5.70. The maximum Gasteiger partial charge on any atom is 0.306 e. The molecule has 2 heterocycles. The van der Waals surface area contributed by atoms with Gasteiger partial charge < -0.3 is 15.3 Å². The van der Waals surface area contributed by atoms with E-state index in [9.17, 15) is 9.18 Å². The van der Waals surface area contributed by atoms with Crippen molar-refractivity contribution in [3.05, 3.63) is 48.0 Å². The van der Waals surface area contributed by atoms with Gasteiger partial charge >= 0.3 is 5.97 Å². The van der Waals surface area contributed by atoms with Gasteiger partial charge in [-0.05, 0) is 37.0 Å². The lowest BCUT2D eigenvalue weighted by Gasteiger charge is -2.31. The number of aromatic nitrogens is 2. The summed E-state index contributed by atoms with van der Waals surface area (Å²) < 4.78 is 12.9. The van der Waals surface area contributed by atoms with E-state index in [1.165, 1.54) is 18.5 Å². The molecule has 7 heteroatoms. The lowest BCUT2D eigenvalue weighted by Crippen LogP contribution is -2.36. The molecule has 132 valence electrons. The molecule has 3 rings (SSSR count). The largest absolute Gasteiger partial charge is 0.481 e. The first-order chi connectivity index (χ1) is 12.1. The van der Waals surface area contributed by atoms with Crippen molar-refractivity contribution in [3.63, 3.8) is 0 Å². The number of nitrogens with zero attached hydrogens (tertiary/aromatic N) is 3. The molecule has 1 aliphatic heterocycles. The van der Waals surface area contributed by atoms with Crippen LogP contribution in [0, 0.1) is 11.7 Å². The molecule has 2 N–H and O–H groups in total. The van der Waals surface area contributed by atoms with Gasteiger partial charge in [-0.1, -0.05) is 12.1 Å². The van der Waals surface area contributed by atoms with Crippen molar-refractivity contribution in [3.8, 4) is 0 Å². The van der Waals surface area contributed by atoms with Gasteiger partial charge in [-0.3, -0.25) is 4.79 Å². The minimum Gasteiger partial charge on any atom is -0.481 e. The molecule has 1 aliphatic rings. The number of benzene rings is 1. The molecule has 0 radical (unpaired) electrons. The van der Waals surface area contributed by atoms with Crippen molar-refractivity contribution in [2.24, 2.45) is 5.92 Å². The maximum absolute atomic E-state index is 12.9. The van der Waals surface area contributed by atoms with Gasteiger partial charge in [-0.2, -0.15) is 0 Å². The number of carboxylic acids is 1. The number of aliphatic carboxylic acids is 1. The zero-order chi connectivity index (χ0) is 17.6. The first-order valence-corrected chi connectivity index (χ1v) is 8.40. The van der Waals surface area contributed by atoms with E-state index < -0.39 is 5.97 Å². The molecule has 0 amide bonds. The third kappa shape index (κ3) is 4.65. The molecule has 0 aliphatic carbocycles. The van der Waals surface area contributed by atoms with Crippen LogP contribution in [0.3, 0.4) is 0 Å². The fraction of sp³-hybridized carbons (Fsp3) is 0.389. The molecular weight excluding hydrogens is 323 g/mol. The molecule has 6 nitrogen and oxygen atoms in total. The molecule has 1 aromatic carbocycles. The Morgan fingerprint density at radius 1 is 1.24 bits per heavy atom. The Morgan fingerprint density at radius 2 is 1.96 bits per heavy atom. The van der Waals surface area contributed by atoms with E-state index in [0.29, 0.717) is 32.5 Å². The van der Waals surface area contributed by atoms with Crippen molar-refractivity contribution in [2.45, 2.75) is 19.3 Å². The van der Waals surface area contributed by atoms with Crippen LogP contribution in [0.4, 0.5) is 16.0 Å². The quantitative estimate of drug-likeness (QED) is 0.839. The molecule has 2 aromatic rings. The van der Waals surface area contributed by atoms with E-state index in [0.717, 1.165) is 23.6 Å². The smallest absolute Gasteiger partial charge is 0.306 e. The second-order valence-corrected chi connectivity index (χ2v) is 6.16. The molecule has 1 fully saturated rings. The Morgan fingerprint density at radius 3 is 2.64 bits per heavy atom.